The van der Waals surface area contributed by atoms with Crippen molar-refractivity contribution in [3.63, 3.8) is 0 Å². The van der Waals surface area contributed by atoms with Gasteiger partial charge in [0.1, 0.15) is 0 Å². The van der Waals surface area contributed by atoms with Crippen molar-refractivity contribution in [2.45, 2.75) is 5.92 Å². The van der Waals surface area contributed by atoms with Crippen molar-refractivity contribution < 1.29 is 0 Å². The maximum atomic E-state index is 3.51. The standard InChI is InChI=1S/C29H31N3/c1-31(2)27-18-12-24(13-19-27)29(22-8-6-5-7-9-22)23-10-14-25(15-11-23)30-26-16-20-28(21-17-26)32(3)4/h5-21,29-30H,1-4H3. The molecular weight excluding hydrogens is 390 g/mol. The Bertz CT molecular complexity index is 1110. The van der Waals surface area contributed by atoms with Crippen LogP contribution in [0.3, 0.4) is 0 Å². The molecule has 0 spiro atoms. The molecule has 3 heteroatoms. The van der Waals surface area contributed by atoms with Gasteiger partial charge in [-0.3, -0.25) is 0 Å². The van der Waals surface area contributed by atoms with Gasteiger partial charge in [-0.25, -0.2) is 0 Å². The first-order chi connectivity index (χ1) is 15.5. The minimum Gasteiger partial charge on any atom is -0.378 e. The first kappa shape index (κ1) is 21.5. The summed E-state index contributed by atoms with van der Waals surface area (Å²) in [4.78, 5) is 4.24. The van der Waals surface area contributed by atoms with Gasteiger partial charge in [0.25, 0.3) is 0 Å². The molecule has 3 nitrogen and oxygen atoms in total. The Hall–Kier alpha value is -3.72. The molecule has 162 valence electrons. The maximum Gasteiger partial charge on any atom is 0.0385 e. The summed E-state index contributed by atoms with van der Waals surface area (Å²) in [5.74, 6) is 0.195. The molecule has 0 aliphatic heterocycles. The van der Waals surface area contributed by atoms with Gasteiger partial charge in [-0.1, -0.05) is 54.6 Å². The largest absolute Gasteiger partial charge is 0.378 e. The number of nitrogens with one attached hydrogen (secondary N) is 1. The molecule has 1 unspecified atom stereocenters. The van der Waals surface area contributed by atoms with Crippen molar-refractivity contribution in [3.05, 3.63) is 120 Å². The number of nitrogens with zero attached hydrogens (tertiary/aromatic N) is 2. The van der Waals surface area contributed by atoms with Crippen LogP contribution in [0.1, 0.15) is 22.6 Å². The van der Waals surface area contributed by atoms with Gasteiger partial charge in [0.2, 0.25) is 0 Å². The summed E-state index contributed by atoms with van der Waals surface area (Å²) in [7, 11) is 8.25. The lowest BCUT2D eigenvalue weighted by Gasteiger charge is -2.21. The lowest BCUT2D eigenvalue weighted by molar-refractivity contribution is 0.975. The van der Waals surface area contributed by atoms with E-state index in [9.17, 15) is 0 Å². The average molecular weight is 422 g/mol. The third kappa shape index (κ3) is 4.94. The molecule has 0 saturated heterocycles. The van der Waals surface area contributed by atoms with Gasteiger partial charge in [0, 0.05) is 56.9 Å². The first-order valence-electron chi connectivity index (χ1n) is 11.0. The molecule has 4 rings (SSSR count). The molecule has 0 heterocycles. The smallest absolute Gasteiger partial charge is 0.0385 e. The minimum atomic E-state index is 0.195. The Morgan fingerprint density at radius 2 is 0.844 bits per heavy atom. The predicted molar refractivity (Wildman–Crippen MR) is 139 cm³/mol. The third-order valence-corrected chi connectivity index (χ3v) is 5.79. The van der Waals surface area contributed by atoms with Gasteiger partial charge in [-0.2, -0.15) is 0 Å². The molecule has 4 aromatic carbocycles. The Morgan fingerprint density at radius 3 is 1.31 bits per heavy atom. The van der Waals surface area contributed by atoms with Crippen molar-refractivity contribution in [2.24, 2.45) is 0 Å². The second kappa shape index (κ2) is 9.61. The van der Waals surface area contributed by atoms with E-state index in [1.165, 1.54) is 28.1 Å². The second-order valence-electron chi connectivity index (χ2n) is 8.52. The lowest BCUT2D eigenvalue weighted by atomic mass is 9.85. The fraction of sp³-hybridized carbons (Fsp3) is 0.172. The molecule has 1 atom stereocenters. The molecular formula is C29H31N3. The monoisotopic (exact) mass is 421 g/mol. The van der Waals surface area contributed by atoms with Crippen LogP contribution in [-0.2, 0) is 0 Å². The van der Waals surface area contributed by atoms with Crippen molar-refractivity contribution >= 4 is 22.7 Å². The Labute approximate surface area is 191 Å². The van der Waals surface area contributed by atoms with Gasteiger partial charge >= 0.3 is 0 Å². The molecule has 0 aromatic heterocycles. The summed E-state index contributed by atoms with van der Waals surface area (Å²) in [6.45, 7) is 0. The fourth-order valence-electron chi connectivity index (χ4n) is 3.96. The lowest BCUT2D eigenvalue weighted by Crippen LogP contribution is -2.09. The number of hydrogen-bond acceptors (Lipinski definition) is 3. The van der Waals surface area contributed by atoms with Gasteiger partial charge in [0.05, 0.1) is 0 Å². The predicted octanol–water partition coefficient (Wildman–Crippen LogP) is 6.74. The van der Waals surface area contributed by atoms with E-state index in [0.29, 0.717) is 0 Å². The molecule has 32 heavy (non-hydrogen) atoms. The summed E-state index contributed by atoms with van der Waals surface area (Å²) < 4.78 is 0. The zero-order valence-electron chi connectivity index (χ0n) is 19.3. The average Bonchev–Trinajstić information content (AvgIpc) is 2.82. The highest BCUT2D eigenvalue weighted by Gasteiger charge is 2.17. The zero-order valence-corrected chi connectivity index (χ0v) is 19.3. The number of anilines is 4. The van der Waals surface area contributed by atoms with Gasteiger partial charge in [0.15, 0.2) is 0 Å². The summed E-state index contributed by atoms with van der Waals surface area (Å²) in [6.07, 6.45) is 0. The molecule has 0 fully saturated rings. The number of hydrogen-bond donors (Lipinski definition) is 1. The molecule has 0 saturated carbocycles. The zero-order chi connectivity index (χ0) is 22.5. The van der Waals surface area contributed by atoms with Crippen LogP contribution in [0.2, 0.25) is 0 Å². The van der Waals surface area contributed by atoms with Crippen LogP contribution < -0.4 is 15.1 Å². The van der Waals surface area contributed by atoms with Crippen LogP contribution in [0.15, 0.2) is 103 Å². The maximum absolute atomic E-state index is 3.51. The van der Waals surface area contributed by atoms with Crippen LogP contribution in [0.4, 0.5) is 22.7 Å². The third-order valence-electron chi connectivity index (χ3n) is 5.79. The highest BCUT2D eigenvalue weighted by atomic mass is 15.1. The van der Waals surface area contributed by atoms with Crippen molar-refractivity contribution in [1.29, 1.82) is 0 Å². The van der Waals surface area contributed by atoms with Crippen LogP contribution in [0.25, 0.3) is 0 Å². The van der Waals surface area contributed by atoms with E-state index in [4.69, 9.17) is 0 Å². The number of benzene rings is 4. The van der Waals surface area contributed by atoms with E-state index in [0.717, 1.165) is 11.4 Å². The molecule has 0 bridgehead atoms. The molecule has 0 amide bonds. The SMILES string of the molecule is CN(C)c1ccc(Nc2ccc(C(c3ccccc3)c3ccc(N(C)C)cc3)cc2)cc1. The highest BCUT2D eigenvalue weighted by molar-refractivity contribution is 5.63. The summed E-state index contributed by atoms with van der Waals surface area (Å²) >= 11 is 0. The van der Waals surface area contributed by atoms with Gasteiger partial charge < -0.3 is 15.1 Å². The van der Waals surface area contributed by atoms with E-state index in [1.807, 2.05) is 0 Å². The Kier molecular flexibility index (Phi) is 6.46. The van der Waals surface area contributed by atoms with Crippen molar-refractivity contribution in [3.8, 4) is 0 Å². The van der Waals surface area contributed by atoms with Crippen LogP contribution in [0.5, 0.6) is 0 Å². The van der Waals surface area contributed by atoms with Crippen molar-refractivity contribution in [1.82, 2.24) is 0 Å². The first-order valence-corrected chi connectivity index (χ1v) is 11.0. The second-order valence-corrected chi connectivity index (χ2v) is 8.52. The normalized spacial score (nSPS) is 11.6. The van der Waals surface area contributed by atoms with Gasteiger partial charge in [-0.05, 0) is 65.2 Å². The van der Waals surface area contributed by atoms with Crippen LogP contribution >= 0.6 is 0 Å². The molecule has 1 N–H and O–H groups in total. The van der Waals surface area contributed by atoms with Crippen LogP contribution in [-0.4, -0.2) is 28.2 Å². The van der Waals surface area contributed by atoms with E-state index in [2.05, 4.69) is 146 Å². The quantitative estimate of drug-likeness (QED) is 0.333. The van der Waals surface area contributed by atoms with E-state index in [-0.39, 0.29) is 5.92 Å². The fourth-order valence-corrected chi connectivity index (χ4v) is 3.96. The summed E-state index contributed by atoms with van der Waals surface area (Å²) in [5, 5.41) is 3.51. The van der Waals surface area contributed by atoms with Crippen LogP contribution in [0, 0.1) is 0 Å². The van der Waals surface area contributed by atoms with Gasteiger partial charge in [-0.15, -0.1) is 0 Å². The van der Waals surface area contributed by atoms with Crippen molar-refractivity contribution in [2.75, 3.05) is 43.3 Å². The van der Waals surface area contributed by atoms with E-state index in [1.54, 1.807) is 0 Å². The Balaban J connectivity index is 1.60. The van der Waals surface area contributed by atoms with E-state index < -0.39 is 0 Å². The minimum absolute atomic E-state index is 0.195. The number of rotatable bonds is 7. The topological polar surface area (TPSA) is 18.5 Å². The molecule has 0 aliphatic rings. The summed E-state index contributed by atoms with van der Waals surface area (Å²) in [5.41, 5.74) is 8.44. The molecule has 0 aliphatic carbocycles. The molecule has 4 aromatic rings. The molecule has 0 radical (unpaired) electrons. The van der Waals surface area contributed by atoms with E-state index >= 15 is 0 Å². The highest BCUT2D eigenvalue weighted by Crippen LogP contribution is 2.33. The summed E-state index contributed by atoms with van der Waals surface area (Å²) in [6, 6.07) is 36.9. The Morgan fingerprint density at radius 1 is 0.469 bits per heavy atom.